The molecule has 28 heavy (non-hydrogen) atoms. The van der Waals surface area contributed by atoms with Crippen molar-refractivity contribution in [1.29, 1.82) is 0 Å². The van der Waals surface area contributed by atoms with Crippen molar-refractivity contribution in [3.05, 3.63) is 41.5 Å². The lowest BCUT2D eigenvalue weighted by Crippen LogP contribution is -2.46. The monoisotopic (exact) mass is 415 g/mol. The van der Waals surface area contributed by atoms with Crippen molar-refractivity contribution in [2.75, 3.05) is 12.4 Å². The highest BCUT2D eigenvalue weighted by Gasteiger charge is 2.28. The van der Waals surface area contributed by atoms with Gasteiger partial charge in [0.05, 0.1) is 5.75 Å². The maximum absolute atomic E-state index is 12.3. The molecular formula is C19H17N3O4S2. The zero-order chi connectivity index (χ0) is 19.5. The molecule has 0 spiro atoms. The zero-order valence-electron chi connectivity index (χ0n) is 15.0. The molecule has 7 nitrogen and oxygen atoms in total. The summed E-state index contributed by atoms with van der Waals surface area (Å²) in [7, 11) is 0. The number of nitrogens with zero attached hydrogens (tertiary/aromatic N) is 2. The Morgan fingerprint density at radius 1 is 1.29 bits per heavy atom. The molecule has 1 N–H and O–H groups in total. The van der Waals surface area contributed by atoms with E-state index in [2.05, 4.69) is 28.3 Å². The Morgan fingerprint density at radius 2 is 2.11 bits per heavy atom. The number of imide groups is 1. The minimum Gasteiger partial charge on any atom is -0.485 e. The third-order valence-electron chi connectivity index (χ3n) is 4.10. The second-order valence-corrected chi connectivity index (χ2v) is 8.11. The summed E-state index contributed by atoms with van der Waals surface area (Å²) in [6.07, 6.45) is 1.56. The molecule has 0 fully saturated rings. The van der Waals surface area contributed by atoms with Crippen molar-refractivity contribution in [1.82, 2.24) is 15.3 Å². The molecule has 0 aliphatic carbocycles. The quantitative estimate of drug-likeness (QED) is 0.506. The second kappa shape index (κ2) is 8.15. The molecule has 2 aromatic heterocycles. The number of ether oxygens (including phenoxy) is 2. The van der Waals surface area contributed by atoms with E-state index in [4.69, 9.17) is 9.47 Å². The smallest absolute Gasteiger partial charge is 0.271 e. The van der Waals surface area contributed by atoms with Crippen LogP contribution in [0.2, 0.25) is 0 Å². The van der Waals surface area contributed by atoms with Gasteiger partial charge in [0.2, 0.25) is 12.0 Å². The van der Waals surface area contributed by atoms with Gasteiger partial charge in [-0.3, -0.25) is 14.9 Å². The first-order chi connectivity index (χ1) is 13.6. The van der Waals surface area contributed by atoms with Gasteiger partial charge in [-0.2, -0.15) is 0 Å². The summed E-state index contributed by atoms with van der Waals surface area (Å²) in [5.41, 5.74) is 0. The lowest BCUT2D eigenvalue weighted by Gasteiger charge is -2.25. The summed E-state index contributed by atoms with van der Waals surface area (Å²) >= 11 is 2.90. The minimum absolute atomic E-state index is 0.0600. The van der Waals surface area contributed by atoms with E-state index in [-0.39, 0.29) is 12.4 Å². The fraction of sp³-hybridized carbons (Fsp3) is 0.263. The van der Waals surface area contributed by atoms with Gasteiger partial charge in [-0.05, 0) is 24.6 Å². The van der Waals surface area contributed by atoms with Gasteiger partial charge in [0.15, 0.2) is 11.5 Å². The molecule has 0 saturated carbocycles. The van der Waals surface area contributed by atoms with Crippen molar-refractivity contribution >= 4 is 45.1 Å². The average Bonchev–Trinajstić information content (AvgIpc) is 3.16. The number of benzene rings is 1. The van der Waals surface area contributed by atoms with E-state index in [1.807, 2.05) is 6.07 Å². The summed E-state index contributed by atoms with van der Waals surface area (Å²) in [4.78, 5) is 35.2. The molecule has 0 unspecified atom stereocenters. The Kier molecular flexibility index (Phi) is 5.45. The van der Waals surface area contributed by atoms with Gasteiger partial charge in [0.1, 0.15) is 22.8 Å². The molecule has 1 aliphatic rings. The van der Waals surface area contributed by atoms with E-state index in [9.17, 15) is 9.59 Å². The van der Waals surface area contributed by atoms with Crippen molar-refractivity contribution < 1.29 is 19.1 Å². The van der Waals surface area contributed by atoms with E-state index in [1.54, 1.807) is 29.5 Å². The predicted octanol–water partition coefficient (Wildman–Crippen LogP) is 2.83. The molecule has 2 amide bonds. The van der Waals surface area contributed by atoms with Crippen molar-refractivity contribution in [2.45, 2.75) is 24.5 Å². The van der Waals surface area contributed by atoms with E-state index in [0.29, 0.717) is 11.5 Å². The summed E-state index contributed by atoms with van der Waals surface area (Å²) in [5.74, 6) is 0.220. The van der Waals surface area contributed by atoms with Crippen LogP contribution in [0.4, 0.5) is 0 Å². The molecule has 3 heterocycles. The number of carbonyl (C=O) groups excluding carboxylic acids is 2. The Balaban J connectivity index is 1.35. The molecule has 1 aliphatic heterocycles. The van der Waals surface area contributed by atoms with E-state index in [0.717, 1.165) is 21.7 Å². The highest BCUT2D eigenvalue weighted by atomic mass is 32.2. The number of hydrogen-bond acceptors (Lipinski definition) is 8. The fourth-order valence-corrected chi connectivity index (χ4v) is 4.48. The minimum atomic E-state index is -0.862. The van der Waals surface area contributed by atoms with Crippen LogP contribution in [0.1, 0.15) is 11.8 Å². The number of hydrogen-bond donors (Lipinski definition) is 1. The Bertz CT molecular complexity index is 1040. The number of thioether (sulfide) groups is 1. The first-order valence-corrected chi connectivity index (χ1v) is 10.5. The van der Waals surface area contributed by atoms with Crippen LogP contribution in [-0.4, -0.2) is 40.2 Å². The highest BCUT2D eigenvalue weighted by molar-refractivity contribution is 8.00. The molecule has 9 heteroatoms. The van der Waals surface area contributed by atoms with Gasteiger partial charge < -0.3 is 9.47 Å². The number of para-hydroxylation sites is 2. The Morgan fingerprint density at radius 3 is 2.93 bits per heavy atom. The van der Waals surface area contributed by atoms with Gasteiger partial charge in [-0.15, -0.1) is 11.3 Å². The first-order valence-electron chi connectivity index (χ1n) is 8.72. The van der Waals surface area contributed by atoms with Crippen LogP contribution >= 0.6 is 23.1 Å². The van der Waals surface area contributed by atoms with E-state index in [1.165, 1.54) is 23.0 Å². The van der Waals surface area contributed by atoms with Crippen molar-refractivity contribution in [3.63, 3.8) is 0 Å². The second-order valence-electron chi connectivity index (χ2n) is 6.03. The van der Waals surface area contributed by atoms with Crippen LogP contribution in [-0.2, 0) is 16.0 Å². The lowest BCUT2D eigenvalue weighted by molar-refractivity contribution is -0.135. The normalized spacial score (nSPS) is 15.4. The van der Waals surface area contributed by atoms with Gasteiger partial charge in [-0.1, -0.05) is 30.8 Å². The predicted molar refractivity (Wildman–Crippen MR) is 107 cm³/mol. The van der Waals surface area contributed by atoms with Crippen molar-refractivity contribution in [3.8, 4) is 11.5 Å². The fourth-order valence-electron chi connectivity index (χ4n) is 2.71. The number of nitrogens with one attached hydrogen (secondary N) is 1. The molecule has 0 bridgehead atoms. The van der Waals surface area contributed by atoms with Gasteiger partial charge in [0, 0.05) is 10.3 Å². The number of aromatic nitrogens is 2. The van der Waals surface area contributed by atoms with Crippen LogP contribution in [0.25, 0.3) is 10.2 Å². The lowest BCUT2D eigenvalue weighted by atomic mass is 10.2. The molecule has 0 saturated heterocycles. The number of aryl methyl sites for hydroxylation is 1. The number of fused-ring (bicyclic) bond motifs is 2. The zero-order valence-corrected chi connectivity index (χ0v) is 16.6. The molecule has 1 aromatic carbocycles. The maximum atomic E-state index is 12.3. The number of amides is 2. The molecule has 144 valence electrons. The first kappa shape index (κ1) is 18.7. The highest BCUT2D eigenvalue weighted by Crippen LogP contribution is 2.32. The van der Waals surface area contributed by atoms with Crippen LogP contribution in [0.3, 0.4) is 0 Å². The topological polar surface area (TPSA) is 90.4 Å². The standard InChI is InChI=1S/C19H17N3O4S2/c1-2-11-7-12-18(20-10-21-19(12)28-11)27-9-16(23)22-17(24)15-8-25-13-5-3-4-6-14(13)26-15/h3-7,10,15H,2,8-9H2,1H3,(H,22,23,24)/t15-/m1/s1. The summed E-state index contributed by atoms with van der Waals surface area (Å²) < 4.78 is 11.1. The SMILES string of the molecule is CCc1cc2c(SCC(=O)NC(=O)[C@H]3COc4ccccc4O3)ncnc2s1. The van der Waals surface area contributed by atoms with E-state index < -0.39 is 17.9 Å². The Labute approximate surface area is 169 Å². The van der Waals surface area contributed by atoms with Crippen LogP contribution in [0.5, 0.6) is 11.5 Å². The number of thiophene rings is 1. The molecule has 4 rings (SSSR count). The van der Waals surface area contributed by atoms with Gasteiger partial charge in [0.25, 0.3) is 5.91 Å². The van der Waals surface area contributed by atoms with Crippen molar-refractivity contribution in [2.24, 2.45) is 0 Å². The van der Waals surface area contributed by atoms with Gasteiger partial charge >= 0.3 is 0 Å². The number of carbonyl (C=O) groups is 2. The molecular weight excluding hydrogens is 398 g/mol. The van der Waals surface area contributed by atoms with Crippen LogP contribution < -0.4 is 14.8 Å². The third kappa shape index (κ3) is 3.95. The Hall–Kier alpha value is -2.65. The third-order valence-corrected chi connectivity index (χ3v) is 6.29. The largest absolute Gasteiger partial charge is 0.485 e. The number of rotatable bonds is 5. The summed E-state index contributed by atoms with van der Waals surface area (Å²) in [6.45, 7) is 2.14. The summed E-state index contributed by atoms with van der Waals surface area (Å²) in [6, 6.07) is 9.15. The summed E-state index contributed by atoms with van der Waals surface area (Å²) in [5, 5.41) is 4.04. The molecule has 3 aromatic rings. The molecule has 0 radical (unpaired) electrons. The molecule has 1 atom stereocenters. The van der Waals surface area contributed by atoms with E-state index >= 15 is 0 Å². The van der Waals surface area contributed by atoms with Crippen LogP contribution in [0.15, 0.2) is 41.7 Å². The maximum Gasteiger partial charge on any atom is 0.271 e. The average molecular weight is 415 g/mol. The van der Waals surface area contributed by atoms with Gasteiger partial charge in [-0.25, -0.2) is 9.97 Å². The van der Waals surface area contributed by atoms with Crippen LogP contribution in [0, 0.1) is 0 Å².